The molecular formula is C13H19Cl2N3O. The second kappa shape index (κ2) is 8.25. The monoisotopic (exact) mass is 303 g/mol. The van der Waals surface area contributed by atoms with Crippen molar-refractivity contribution in [2.24, 2.45) is 0 Å². The number of nitrogens with one attached hydrogen (secondary N) is 2. The molecule has 0 aliphatic rings. The van der Waals surface area contributed by atoms with Gasteiger partial charge in [-0.1, -0.05) is 23.2 Å². The summed E-state index contributed by atoms with van der Waals surface area (Å²) in [6, 6.07) is 5.30. The minimum atomic E-state index is 0.0365. The van der Waals surface area contributed by atoms with Crippen molar-refractivity contribution in [2.75, 3.05) is 39.0 Å². The smallest absolute Gasteiger partial charge is 0.221 e. The number of anilines is 1. The third-order valence-electron chi connectivity index (χ3n) is 2.48. The normalized spacial score (nSPS) is 10.6. The topological polar surface area (TPSA) is 44.4 Å². The van der Waals surface area contributed by atoms with Gasteiger partial charge < -0.3 is 15.5 Å². The van der Waals surface area contributed by atoms with Crippen LogP contribution in [-0.4, -0.2) is 44.5 Å². The molecule has 0 aromatic heterocycles. The molecular weight excluding hydrogens is 285 g/mol. The zero-order valence-electron chi connectivity index (χ0n) is 11.2. The molecule has 4 nitrogen and oxygen atoms in total. The highest BCUT2D eigenvalue weighted by molar-refractivity contribution is 6.42. The van der Waals surface area contributed by atoms with Gasteiger partial charge >= 0.3 is 0 Å². The molecule has 0 atom stereocenters. The molecule has 0 radical (unpaired) electrons. The molecule has 0 heterocycles. The van der Waals surface area contributed by atoms with Gasteiger partial charge in [0.15, 0.2) is 0 Å². The van der Waals surface area contributed by atoms with Gasteiger partial charge in [-0.15, -0.1) is 0 Å². The number of carbonyl (C=O) groups excluding carboxylic acids is 1. The maximum Gasteiger partial charge on any atom is 0.221 e. The molecule has 0 saturated carbocycles. The summed E-state index contributed by atoms with van der Waals surface area (Å²) in [6.45, 7) is 2.07. The van der Waals surface area contributed by atoms with Crippen LogP contribution in [-0.2, 0) is 4.79 Å². The first kappa shape index (κ1) is 16.1. The lowest BCUT2D eigenvalue weighted by Gasteiger charge is -2.11. The van der Waals surface area contributed by atoms with E-state index in [2.05, 4.69) is 10.6 Å². The van der Waals surface area contributed by atoms with Gasteiger partial charge in [0.05, 0.1) is 10.0 Å². The molecule has 2 N–H and O–H groups in total. The van der Waals surface area contributed by atoms with Gasteiger partial charge in [-0.25, -0.2) is 0 Å². The molecule has 106 valence electrons. The predicted octanol–water partition coefficient (Wildman–Crippen LogP) is 2.47. The summed E-state index contributed by atoms with van der Waals surface area (Å²) in [4.78, 5) is 13.5. The van der Waals surface area contributed by atoms with Crippen molar-refractivity contribution in [2.45, 2.75) is 6.42 Å². The van der Waals surface area contributed by atoms with E-state index in [4.69, 9.17) is 23.2 Å². The van der Waals surface area contributed by atoms with Crippen LogP contribution in [0.5, 0.6) is 0 Å². The highest BCUT2D eigenvalue weighted by Gasteiger charge is 2.02. The van der Waals surface area contributed by atoms with Crippen LogP contribution in [0, 0.1) is 0 Å². The first-order valence-electron chi connectivity index (χ1n) is 6.09. The first-order valence-corrected chi connectivity index (χ1v) is 6.85. The van der Waals surface area contributed by atoms with Gasteiger partial charge in [0, 0.05) is 31.7 Å². The summed E-state index contributed by atoms with van der Waals surface area (Å²) < 4.78 is 0. The van der Waals surface area contributed by atoms with Crippen LogP contribution in [0.3, 0.4) is 0 Å². The molecule has 1 amide bonds. The Balaban J connectivity index is 2.22. The number of halogens is 2. The number of hydrogen-bond donors (Lipinski definition) is 2. The van der Waals surface area contributed by atoms with Crippen molar-refractivity contribution in [3.63, 3.8) is 0 Å². The Bertz CT molecular complexity index is 424. The highest BCUT2D eigenvalue weighted by atomic mass is 35.5. The van der Waals surface area contributed by atoms with Crippen molar-refractivity contribution in [3.05, 3.63) is 28.2 Å². The molecule has 0 bridgehead atoms. The summed E-state index contributed by atoms with van der Waals surface area (Å²) in [5, 5.41) is 7.01. The third-order valence-corrected chi connectivity index (χ3v) is 3.22. The average molecular weight is 304 g/mol. The van der Waals surface area contributed by atoms with Crippen LogP contribution in [0.25, 0.3) is 0 Å². The lowest BCUT2D eigenvalue weighted by molar-refractivity contribution is -0.120. The van der Waals surface area contributed by atoms with E-state index in [0.29, 0.717) is 29.6 Å². The fraction of sp³-hybridized carbons (Fsp3) is 0.462. The average Bonchev–Trinajstić information content (AvgIpc) is 2.33. The number of rotatable bonds is 7. The standard InChI is InChI=1S/C13H19Cl2N3O/c1-18(2)8-7-17-13(19)5-6-16-10-3-4-11(14)12(15)9-10/h3-4,9,16H,5-8H2,1-2H3,(H,17,19). The van der Waals surface area contributed by atoms with E-state index < -0.39 is 0 Å². The summed E-state index contributed by atoms with van der Waals surface area (Å²) >= 11 is 11.7. The van der Waals surface area contributed by atoms with Crippen LogP contribution in [0.1, 0.15) is 6.42 Å². The van der Waals surface area contributed by atoms with E-state index >= 15 is 0 Å². The quantitative estimate of drug-likeness (QED) is 0.813. The maximum absolute atomic E-state index is 11.5. The molecule has 0 fully saturated rings. The Labute approximate surface area is 124 Å². The van der Waals surface area contributed by atoms with Gasteiger partial charge in [-0.3, -0.25) is 4.79 Å². The lowest BCUT2D eigenvalue weighted by atomic mass is 10.3. The highest BCUT2D eigenvalue weighted by Crippen LogP contribution is 2.24. The van der Waals surface area contributed by atoms with Gasteiger partial charge in [0.25, 0.3) is 0 Å². The number of likely N-dealkylation sites (N-methyl/N-ethyl adjacent to an activating group) is 1. The Morgan fingerprint density at radius 2 is 1.95 bits per heavy atom. The van der Waals surface area contributed by atoms with Crippen molar-refractivity contribution in [3.8, 4) is 0 Å². The Kier molecular flexibility index (Phi) is 6.99. The van der Waals surface area contributed by atoms with Crippen LogP contribution in [0.4, 0.5) is 5.69 Å². The number of carbonyl (C=O) groups is 1. The third kappa shape index (κ3) is 6.66. The van der Waals surface area contributed by atoms with Crippen LogP contribution in [0.2, 0.25) is 10.0 Å². The molecule has 0 aliphatic carbocycles. The second-order valence-corrected chi connectivity index (χ2v) is 5.27. The summed E-state index contributed by atoms with van der Waals surface area (Å²) in [7, 11) is 3.94. The Morgan fingerprint density at radius 3 is 2.58 bits per heavy atom. The molecule has 0 spiro atoms. The Morgan fingerprint density at radius 1 is 1.21 bits per heavy atom. The first-order chi connectivity index (χ1) is 8.99. The molecule has 0 aliphatic heterocycles. The van der Waals surface area contributed by atoms with Gasteiger partial charge in [0.2, 0.25) is 5.91 Å². The van der Waals surface area contributed by atoms with Crippen LogP contribution < -0.4 is 10.6 Å². The molecule has 19 heavy (non-hydrogen) atoms. The fourth-order valence-corrected chi connectivity index (χ4v) is 1.73. The van der Waals surface area contributed by atoms with Crippen molar-refractivity contribution >= 4 is 34.8 Å². The lowest BCUT2D eigenvalue weighted by Crippen LogP contribution is -2.32. The van der Waals surface area contributed by atoms with E-state index in [1.165, 1.54) is 0 Å². The molecule has 1 rings (SSSR count). The molecule has 0 saturated heterocycles. The SMILES string of the molecule is CN(C)CCNC(=O)CCNc1ccc(Cl)c(Cl)c1. The Hall–Kier alpha value is -0.970. The largest absolute Gasteiger partial charge is 0.384 e. The maximum atomic E-state index is 11.5. The van der Waals surface area contributed by atoms with E-state index in [1.54, 1.807) is 12.1 Å². The summed E-state index contributed by atoms with van der Waals surface area (Å²) in [6.07, 6.45) is 0.424. The number of hydrogen-bond acceptors (Lipinski definition) is 3. The number of nitrogens with zero attached hydrogens (tertiary/aromatic N) is 1. The van der Waals surface area contributed by atoms with E-state index in [9.17, 15) is 4.79 Å². The number of amides is 1. The minimum absolute atomic E-state index is 0.0365. The van der Waals surface area contributed by atoms with Crippen LogP contribution >= 0.6 is 23.2 Å². The molecule has 0 unspecified atom stereocenters. The van der Waals surface area contributed by atoms with Crippen molar-refractivity contribution < 1.29 is 4.79 Å². The summed E-state index contributed by atoms with van der Waals surface area (Å²) in [5.74, 6) is 0.0365. The minimum Gasteiger partial charge on any atom is -0.384 e. The van der Waals surface area contributed by atoms with Crippen molar-refractivity contribution in [1.29, 1.82) is 0 Å². The second-order valence-electron chi connectivity index (χ2n) is 4.46. The zero-order chi connectivity index (χ0) is 14.3. The number of benzene rings is 1. The van der Waals surface area contributed by atoms with E-state index in [-0.39, 0.29) is 5.91 Å². The van der Waals surface area contributed by atoms with Gasteiger partial charge in [-0.2, -0.15) is 0 Å². The van der Waals surface area contributed by atoms with Crippen molar-refractivity contribution in [1.82, 2.24) is 10.2 Å². The van der Waals surface area contributed by atoms with E-state index in [1.807, 2.05) is 25.1 Å². The fourth-order valence-electron chi connectivity index (χ4n) is 1.43. The molecule has 6 heteroatoms. The molecule has 1 aromatic carbocycles. The van der Waals surface area contributed by atoms with Crippen LogP contribution in [0.15, 0.2) is 18.2 Å². The van der Waals surface area contributed by atoms with E-state index in [0.717, 1.165) is 12.2 Å². The van der Waals surface area contributed by atoms with Gasteiger partial charge in [-0.05, 0) is 32.3 Å². The zero-order valence-corrected chi connectivity index (χ0v) is 12.7. The summed E-state index contributed by atoms with van der Waals surface area (Å²) in [5.41, 5.74) is 0.857. The molecule has 1 aromatic rings. The van der Waals surface area contributed by atoms with Gasteiger partial charge in [0.1, 0.15) is 0 Å². The predicted molar refractivity (Wildman–Crippen MR) is 81.1 cm³/mol.